The molecule has 0 saturated carbocycles. The Bertz CT molecular complexity index is 389. The van der Waals surface area contributed by atoms with Gasteiger partial charge in [0.25, 0.3) is 0 Å². The third-order valence-electron chi connectivity index (χ3n) is 2.97. The van der Waals surface area contributed by atoms with Crippen molar-refractivity contribution in [2.75, 3.05) is 13.1 Å². The number of aliphatic carboxylic acids is 1. The van der Waals surface area contributed by atoms with Gasteiger partial charge >= 0.3 is 12.1 Å². The van der Waals surface area contributed by atoms with Crippen LogP contribution < -0.4 is 5.73 Å². The fourth-order valence-corrected chi connectivity index (χ4v) is 2.06. The van der Waals surface area contributed by atoms with Gasteiger partial charge in [0.15, 0.2) is 0 Å². The van der Waals surface area contributed by atoms with E-state index in [9.17, 15) is 14.7 Å². The third kappa shape index (κ3) is 3.96. The maximum absolute atomic E-state index is 12.0. The molecule has 0 aromatic carbocycles. The van der Waals surface area contributed by atoms with Crippen molar-refractivity contribution in [2.45, 2.75) is 38.3 Å². The van der Waals surface area contributed by atoms with Crippen LogP contribution in [0.3, 0.4) is 0 Å². The van der Waals surface area contributed by atoms with Crippen LogP contribution in [-0.4, -0.2) is 46.3 Å². The molecule has 0 aliphatic carbocycles. The van der Waals surface area contributed by atoms with Gasteiger partial charge < -0.3 is 20.5 Å². The van der Waals surface area contributed by atoms with Crippen LogP contribution in [0.25, 0.3) is 0 Å². The number of carboxylic acid groups (broad SMARTS) is 1. The van der Waals surface area contributed by atoms with E-state index in [-0.39, 0.29) is 18.9 Å². The molecule has 1 aliphatic rings. The zero-order valence-corrected chi connectivity index (χ0v) is 11.7. The molecule has 2 atom stereocenters. The number of nitrogens with zero attached hydrogens (tertiary/aromatic N) is 1. The minimum Gasteiger partial charge on any atom is -0.480 e. The molecule has 1 fully saturated rings. The van der Waals surface area contributed by atoms with Crippen molar-refractivity contribution in [1.29, 1.82) is 0 Å². The summed E-state index contributed by atoms with van der Waals surface area (Å²) in [6, 6.07) is 0. The topological polar surface area (TPSA) is 92.9 Å². The number of amides is 1. The van der Waals surface area contributed by atoms with Crippen LogP contribution in [0, 0.1) is 5.92 Å². The summed E-state index contributed by atoms with van der Waals surface area (Å²) in [4.78, 5) is 24.6. The number of piperidine rings is 1. The lowest BCUT2D eigenvalue weighted by Gasteiger charge is -2.41. The Kier molecular flexibility index (Phi) is 4.25. The lowest BCUT2D eigenvalue weighted by atomic mass is 9.83. The Morgan fingerprint density at radius 2 is 2.11 bits per heavy atom. The first-order valence-electron chi connectivity index (χ1n) is 6.20. The number of ether oxygens (including phenoxy) is 1. The van der Waals surface area contributed by atoms with E-state index in [1.165, 1.54) is 4.90 Å². The molecule has 1 saturated heterocycles. The maximum Gasteiger partial charge on any atom is 0.410 e. The molecule has 6 heteroatoms. The van der Waals surface area contributed by atoms with Gasteiger partial charge in [0, 0.05) is 6.54 Å². The van der Waals surface area contributed by atoms with E-state index in [0.29, 0.717) is 6.54 Å². The molecule has 1 heterocycles. The molecule has 1 aliphatic heterocycles. The number of rotatable bonds is 2. The van der Waals surface area contributed by atoms with Crippen molar-refractivity contribution in [3.63, 3.8) is 0 Å². The molecular formula is C13H22N2O4. The third-order valence-corrected chi connectivity index (χ3v) is 2.97. The van der Waals surface area contributed by atoms with Crippen LogP contribution in [0.4, 0.5) is 4.79 Å². The van der Waals surface area contributed by atoms with E-state index in [1.807, 2.05) is 0 Å². The average molecular weight is 270 g/mol. The summed E-state index contributed by atoms with van der Waals surface area (Å²) in [5.74, 6) is -1.27. The monoisotopic (exact) mass is 270 g/mol. The van der Waals surface area contributed by atoms with E-state index in [0.717, 1.165) is 0 Å². The van der Waals surface area contributed by atoms with Gasteiger partial charge in [0.2, 0.25) is 0 Å². The van der Waals surface area contributed by atoms with Gasteiger partial charge in [-0.2, -0.15) is 0 Å². The number of carboxylic acids is 1. The number of nitrogens with two attached hydrogens (primary N) is 1. The first kappa shape index (κ1) is 15.5. The zero-order valence-electron chi connectivity index (χ0n) is 11.7. The predicted octanol–water partition coefficient (Wildman–Crippen LogP) is 1.21. The summed E-state index contributed by atoms with van der Waals surface area (Å²) in [6.07, 6.45) is 1.35. The molecule has 0 aromatic heterocycles. The number of carbonyl (C=O) groups is 2. The number of carbonyl (C=O) groups excluding carboxylic acids is 1. The molecule has 108 valence electrons. The minimum atomic E-state index is -1.45. The Hall–Kier alpha value is -1.56. The molecule has 0 radical (unpaired) electrons. The van der Waals surface area contributed by atoms with E-state index in [1.54, 1.807) is 26.8 Å². The SMILES string of the molecule is C=CC1CN(C(=O)OC(C)(C)C)CC(N)(C(=O)O)C1. The summed E-state index contributed by atoms with van der Waals surface area (Å²) in [5.41, 5.74) is 3.79. The highest BCUT2D eigenvalue weighted by Crippen LogP contribution is 2.26. The van der Waals surface area contributed by atoms with Gasteiger partial charge in [0.1, 0.15) is 11.1 Å². The Balaban J connectivity index is 2.86. The fourth-order valence-electron chi connectivity index (χ4n) is 2.06. The van der Waals surface area contributed by atoms with Gasteiger partial charge in [-0.05, 0) is 33.1 Å². The number of likely N-dealkylation sites (tertiary alicyclic amines) is 1. The number of hydrogen-bond donors (Lipinski definition) is 2. The molecule has 0 spiro atoms. The second-order valence-corrected chi connectivity index (χ2v) is 6.02. The molecule has 0 aromatic rings. The standard InChI is InChI=1S/C13H22N2O4/c1-5-9-6-13(14,10(16)17)8-15(7-9)11(18)19-12(2,3)4/h5,9H,1,6-8,14H2,2-4H3,(H,16,17). The van der Waals surface area contributed by atoms with Crippen molar-refractivity contribution in [3.05, 3.63) is 12.7 Å². The second kappa shape index (κ2) is 5.21. The smallest absolute Gasteiger partial charge is 0.410 e. The molecule has 6 nitrogen and oxygen atoms in total. The quantitative estimate of drug-likeness (QED) is 0.736. The first-order valence-corrected chi connectivity index (χ1v) is 6.20. The van der Waals surface area contributed by atoms with Crippen molar-refractivity contribution in [3.8, 4) is 0 Å². The zero-order chi connectivity index (χ0) is 14.8. The van der Waals surface area contributed by atoms with Gasteiger partial charge in [-0.25, -0.2) is 4.79 Å². The second-order valence-electron chi connectivity index (χ2n) is 6.02. The van der Waals surface area contributed by atoms with Gasteiger partial charge in [-0.1, -0.05) is 6.08 Å². The molecule has 3 N–H and O–H groups in total. The summed E-state index contributed by atoms with van der Waals surface area (Å²) in [7, 11) is 0. The van der Waals surface area contributed by atoms with Crippen molar-refractivity contribution in [1.82, 2.24) is 4.90 Å². The molecule has 1 rings (SSSR count). The average Bonchev–Trinajstić information content (AvgIpc) is 2.25. The highest BCUT2D eigenvalue weighted by Gasteiger charge is 2.44. The van der Waals surface area contributed by atoms with Crippen molar-refractivity contribution < 1.29 is 19.4 Å². The maximum atomic E-state index is 12.0. The first-order chi connectivity index (χ1) is 8.57. The number of hydrogen-bond acceptors (Lipinski definition) is 4. The van der Waals surface area contributed by atoms with E-state index >= 15 is 0 Å². The van der Waals surface area contributed by atoms with Gasteiger partial charge in [0.05, 0.1) is 6.54 Å². The van der Waals surface area contributed by atoms with Crippen molar-refractivity contribution >= 4 is 12.1 Å². The highest BCUT2D eigenvalue weighted by atomic mass is 16.6. The lowest BCUT2D eigenvalue weighted by Crippen LogP contribution is -2.62. The van der Waals surface area contributed by atoms with Gasteiger partial charge in [-0.15, -0.1) is 6.58 Å². The Morgan fingerprint density at radius 1 is 1.53 bits per heavy atom. The fraction of sp³-hybridized carbons (Fsp3) is 0.692. The van der Waals surface area contributed by atoms with Crippen LogP contribution in [0.15, 0.2) is 12.7 Å². The largest absolute Gasteiger partial charge is 0.480 e. The predicted molar refractivity (Wildman–Crippen MR) is 70.7 cm³/mol. The Labute approximate surface area is 113 Å². The molecule has 2 unspecified atom stereocenters. The van der Waals surface area contributed by atoms with Crippen LogP contribution in [0.2, 0.25) is 0 Å². The van der Waals surface area contributed by atoms with Crippen molar-refractivity contribution in [2.24, 2.45) is 11.7 Å². The summed E-state index contributed by atoms with van der Waals surface area (Å²) < 4.78 is 5.25. The molecule has 19 heavy (non-hydrogen) atoms. The minimum absolute atomic E-state index is 0.0540. The van der Waals surface area contributed by atoms with Crippen LogP contribution in [-0.2, 0) is 9.53 Å². The van der Waals surface area contributed by atoms with Crippen LogP contribution >= 0.6 is 0 Å². The Morgan fingerprint density at radius 3 is 2.53 bits per heavy atom. The van der Waals surface area contributed by atoms with E-state index < -0.39 is 23.2 Å². The summed E-state index contributed by atoms with van der Waals surface area (Å²) >= 11 is 0. The molecular weight excluding hydrogens is 248 g/mol. The van der Waals surface area contributed by atoms with Gasteiger partial charge in [-0.3, -0.25) is 4.79 Å². The summed E-state index contributed by atoms with van der Waals surface area (Å²) in [5, 5.41) is 9.20. The summed E-state index contributed by atoms with van der Waals surface area (Å²) in [6.45, 7) is 9.25. The highest BCUT2D eigenvalue weighted by molar-refractivity contribution is 5.80. The van der Waals surface area contributed by atoms with E-state index in [4.69, 9.17) is 10.5 Å². The normalized spacial score (nSPS) is 27.8. The van der Waals surface area contributed by atoms with E-state index in [2.05, 4.69) is 6.58 Å². The lowest BCUT2D eigenvalue weighted by molar-refractivity contribution is -0.145. The molecule has 0 bridgehead atoms. The van der Waals surface area contributed by atoms with Crippen LogP contribution in [0.1, 0.15) is 27.2 Å². The van der Waals surface area contributed by atoms with Crippen LogP contribution in [0.5, 0.6) is 0 Å². The molecule has 1 amide bonds.